The Hall–Kier alpha value is -2.33. The Balaban J connectivity index is 1.72. The predicted molar refractivity (Wildman–Crippen MR) is 92.9 cm³/mol. The van der Waals surface area contributed by atoms with Crippen molar-refractivity contribution in [3.8, 4) is 5.75 Å². The first kappa shape index (κ1) is 15.2. The van der Waals surface area contributed by atoms with E-state index in [9.17, 15) is 9.90 Å². The van der Waals surface area contributed by atoms with E-state index in [1.54, 1.807) is 24.3 Å². The van der Waals surface area contributed by atoms with Gasteiger partial charge >= 0.3 is 0 Å². The number of rotatable bonds is 2. The maximum atomic E-state index is 13.1. The van der Waals surface area contributed by atoms with Crippen molar-refractivity contribution in [1.82, 2.24) is 10.2 Å². The molecule has 0 saturated carbocycles. The normalized spacial score (nSPS) is 25.7. The molecule has 3 atom stereocenters. The van der Waals surface area contributed by atoms with E-state index in [1.165, 1.54) is 11.1 Å². The molecule has 0 unspecified atom stereocenters. The third-order valence-corrected chi connectivity index (χ3v) is 5.45. The standard InChI is InChI=1S/C20H22N2O2/c1-13-4-2-3-5-17(13)19-18-11-21-10-15(18)12-22(19)20(24)14-6-8-16(23)9-7-14/h2-9,15,18-19,21,23H,10-12H2,1H3/t15-,18-,19+/m0/s1. The van der Waals surface area contributed by atoms with Gasteiger partial charge in [-0.3, -0.25) is 4.79 Å². The molecule has 1 amide bonds. The van der Waals surface area contributed by atoms with Gasteiger partial charge in [0.15, 0.2) is 0 Å². The third kappa shape index (κ3) is 2.47. The average molecular weight is 322 g/mol. The van der Waals surface area contributed by atoms with Crippen LogP contribution >= 0.6 is 0 Å². The highest BCUT2D eigenvalue weighted by Crippen LogP contribution is 2.44. The predicted octanol–water partition coefficient (Wildman–Crippen LogP) is 2.73. The number of likely N-dealkylation sites (tertiary alicyclic amines) is 1. The molecule has 2 aliphatic rings. The number of aromatic hydroxyl groups is 1. The summed E-state index contributed by atoms with van der Waals surface area (Å²) >= 11 is 0. The molecular weight excluding hydrogens is 300 g/mol. The van der Waals surface area contributed by atoms with Crippen molar-refractivity contribution in [2.24, 2.45) is 11.8 Å². The van der Waals surface area contributed by atoms with Crippen LogP contribution < -0.4 is 5.32 Å². The van der Waals surface area contributed by atoms with E-state index in [4.69, 9.17) is 0 Å². The molecule has 4 nitrogen and oxygen atoms in total. The monoisotopic (exact) mass is 322 g/mol. The molecule has 2 aromatic carbocycles. The second-order valence-corrected chi connectivity index (χ2v) is 6.89. The van der Waals surface area contributed by atoms with Crippen molar-refractivity contribution in [3.05, 3.63) is 65.2 Å². The van der Waals surface area contributed by atoms with Gasteiger partial charge in [0.2, 0.25) is 0 Å². The van der Waals surface area contributed by atoms with Crippen LogP contribution in [0, 0.1) is 18.8 Å². The Labute approximate surface area is 142 Å². The summed E-state index contributed by atoms with van der Waals surface area (Å²) in [6, 6.07) is 15.1. The summed E-state index contributed by atoms with van der Waals surface area (Å²) in [6.07, 6.45) is 0. The molecule has 2 fully saturated rings. The van der Waals surface area contributed by atoms with E-state index in [2.05, 4.69) is 30.4 Å². The minimum absolute atomic E-state index is 0.0534. The number of phenolic OH excluding ortho intramolecular Hbond substituents is 1. The molecule has 2 heterocycles. The fourth-order valence-corrected chi connectivity index (χ4v) is 4.22. The highest BCUT2D eigenvalue weighted by Gasteiger charge is 2.47. The van der Waals surface area contributed by atoms with Gasteiger partial charge in [0, 0.05) is 31.1 Å². The lowest BCUT2D eigenvalue weighted by Gasteiger charge is -2.29. The van der Waals surface area contributed by atoms with E-state index >= 15 is 0 Å². The van der Waals surface area contributed by atoms with Crippen LogP contribution in [0.4, 0.5) is 0 Å². The van der Waals surface area contributed by atoms with Gasteiger partial charge in [0.05, 0.1) is 6.04 Å². The smallest absolute Gasteiger partial charge is 0.254 e. The number of fused-ring (bicyclic) bond motifs is 1. The van der Waals surface area contributed by atoms with Crippen LogP contribution in [0.15, 0.2) is 48.5 Å². The first-order chi connectivity index (χ1) is 11.6. The molecule has 2 aromatic rings. The summed E-state index contributed by atoms with van der Waals surface area (Å²) in [5, 5.41) is 12.9. The molecule has 0 bridgehead atoms. The van der Waals surface area contributed by atoms with Gasteiger partial charge in [-0.15, -0.1) is 0 Å². The number of hydrogen-bond acceptors (Lipinski definition) is 3. The van der Waals surface area contributed by atoms with Crippen LogP contribution in [0.3, 0.4) is 0 Å². The largest absolute Gasteiger partial charge is 0.508 e. The number of nitrogens with zero attached hydrogens (tertiary/aromatic N) is 1. The quantitative estimate of drug-likeness (QED) is 0.894. The van der Waals surface area contributed by atoms with Gasteiger partial charge < -0.3 is 15.3 Å². The number of carbonyl (C=O) groups is 1. The van der Waals surface area contributed by atoms with E-state index in [0.717, 1.165) is 19.6 Å². The van der Waals surface area contributed by atoms with Crippen LogP contribution in [-0.2, 0) is 0 Å². The number of carbonyl (C=O) groups excluding carboxylic acids is 1. The van der Waals surface area contributed by atoms with E-state index in [-0.39, 0.29) is 17.7 Å². The maximum Gasteiger partial charge on any atom is 0.254 e. The van der Waals surface area contributed by atoms with Crippen molar-refractivity contribution in [2.45, 2.75) is 13.0 Å². The Morgan fingerprint density at radius 3 is 2.62 bits per heavy atom. The summed E-state index contributed by atoms with van der Waals surface area (Å²) in [7, 11) is 0. The molecule has 4 rings (SSSR count). The van der Waals surface area contributed by atoms with Crippen LogP contribution in [-0.4, -0.2) is 35.5 Å². The third-order valence-electron chi connectivity index (χ3n) is 5.45. The maximum absolute atomic E-state index is 13.1. The van der Waals surface area contributed by atoms with Crippen LogP contribution in [0.5, 0.6) is 5.75 Å². The van der Waals surface area contributed by atoms with E-state index in [0.29, 0.717) is 17.4 Å². The van der Waals surface area contributed by atoms with Crippen molar-refractivity contribution >= 4 is 5.91 Å². The Bertz CT molecular complexity index is 756. The fourth-order valence-electron chi connectivity index (χ4n) is 4.22. The number of aryl methyl sites for hydroxylation is 1. The topological polar surface area (TPSA) is 52.6 Å². The molecule has 2 saturated heterocycles. The van der Waals surface area contributed by atoms with Crippen LogP contribution in [0.25, 0.3) is 0 Å². The number of benzene rings is 2. The first-order valence-corrected chi connectivity index (χ1v) is 8.51. The van der Waals surface area contributed by atoms with Gasteiger partial charge in [-0.1, -0.05) is 24.3 Å². The molecule has 2 N–H and O–H groups in total. The second kappa shape index (κ2) is 5.95. The highest BCUT2D eigenvalue weighted by molar-refractivity contribution is 5.95. The Morgan fingerprint density at radius 2 is 1.88 bits per heavy atom. The molecule has 0 radical (unpaired) electrons. The molecule has 124 valence electrons. The van der Waals surface area contributed by atoms with Crippen molar-refractivity contribution in [2.75, 3.05) is 19.6 Å². The van der Waals surface area contributed by atoms with Crippen molar-refractivity contribution < 1.29 is 9.90 Å². The molecule has 0 aromatic heterocycles. The van der Waals surface area contributed by atoms with Gasteiger partial charge in [-0.25, -0.2) is 0 Å². The summed E-state index contributed by atoms with van der Waals surface area (Å²) in [5.41, 5.74) is 3.12. The lowest BCUT2D eigenvalue weighted by molar-refractivity contribution is 0.0713. The molecule has 0 aliphatic carbocycles. The zero-order chi connectivity index (χ0) is 16.7. The zero-order valence-corrected chi connectivity index (χ0v) is 13.8. The van der Waals surface area contributed by atoms with Crippen LogP contribution in [0.1, 0.15) is 27.5 Å². The lowest BCUT2D eigenvalue weighted by atomic mass is 9.87. The summed E-state index contributed by atoms with van der Waals surface area (Å²) in [6.45, 7) is 4.85. The SMILES string of the molecule is Cc1ccccc1[C@@H]1[C@H]2CNC[C@H]2CN1C(=O)c1ccc(O)cc1. The molecular formula is C20H22N2O2. The van der Waals surface area contributed by atoms with Crippen molar-refractivity contribution in [3.63, 3.8) is 0 Å². The summed E-state index contributed by atoms with van der Waals surface area (Å²) < 4.78 is 0. The minimum Gasteiger partial charge on any atom is -0.508 e. The van der Waals surface area contributed by atoms with Gasteiger partial charge in [-0.2, -0.15) is 0 Å². The minimum atomic E-state index is 0.0534. The number of hydrogen-bond donors (Lipinski definition) is 2. The zero-order valence-electron chi connectivity index (χ0n) is 13.8. The fraction of sp³-hybridized carbons (Fsp3) is 0.350. The highest BCUT2D eigenvalue weighted by atomic mass is 16.3. The van der Waals surface area contributed by atoms with Crippen molar-refractivity contribution in [1.29, 1.82) is 0 Å². The van der Waals surface area contributed by atoms with Gasteiger partial charge in [0.25, 0.3) is 5.91 Å². The number of amides is 1. The Kier molecular flexibility index (Phi) is 3.77. The second-order valence-electron chi connectivity index (χ2n) is 6.89. The number of phenols is 1. The van der Waals surface area contributed by atoms with E-state index in [1.807, 2.05) is 11.0 Å². The van der Waals surface area contributed by atoms with Crippen LogP contribution in [0.2, 0.25) is 0 Å². The summed E-state index contributed by atoms with van der Waals surface area (Å²) in [5.74, 6) is 1.21. The summed E-state index contributed by atoms with van der Waals surface area (Å²) in [4.78, 5) is 15.1. The number of nitrogens with one attached hydrogen (secondary N) is 1. The molecule has 24 heavy (non-hydrogen) atoms. The first-order valence-electron chi connectivity index (χ1n) is 8.51. The molecule has 0 spiro atoms. The molecule has 2 aliphatic heterocycles. The average Bonchev–Trinajstić information content (AvgIpc) is 3.16. The van der Waals surface area contributed by atoms with Gasteiger partial charge in [0.1, 0.15) is 5.75 Å². The molecule has 4 heteroatoms. The lowest BCUT2D eigenvalue weighted by Crippen LogP contribution is -2.35. The van der Waals surface area contributed by atoms with Gasteiger partial charge in [-0.05, 0) is 48.2 Å². The Morgan fingerprint density at radius 1 is 1.12 bits per heavy atom. The van der Waals surface area contributed by atoms with E-state index < -0.39 is 0 Å².